The molecule has 2 fully saturated rings. The van der Waals surface area contributed by atoms with Crippen LogP contribution in [0.15, 0.2) is 0 Å². The number of aliphatic hydroxyl groups is 4. The molecular weight excluding hydrogens is 407 g/mol. The molecule has 2 aliphatic heterocycles. The predicted octanol–water partition coefficient (Wildman–Crippen LogP) is -7.19. The predicted molar refractivity (Wildman–Crippen MR) is 86.6 cm³/mol. The van der Waals surface area contributed by atoms with E-state index in [0.717, 1.165) is 0 Å². The van der Waals surface area contributed by atoms with E-state index in [1.54, 1.807) is 11.8 Å². The summed E-state index contributed by atoms with van der Waals surface area (Å²) in [6.45, 7) is 0.139. The van der Waals surface area contributed by atoms with Crippen LogP contribution in [0, 0.1) is 0 Å². The van der Waals surface area contributed by atoms with E-state index in [4.69, 9.17) is 4.74 Å². The first-order chi connectivity index (χ1) is 12.9. The summed E-state index contributed by atoms with van der Waals surface area (Å²) < 4.78 is 5.89. The van der Waals surface area contributed by atoms with E-state index in [0.29, 0.717) is 29.3 Å². The first-order valence-electron chi connectivity index (χ1n) is 8.21. The van der Waals surface area contributed by atoms with Crippen LogP contribution in [0.1, 0.15) is 27.2 Å². The zero-order valence-electron chi connectivity index (χ0n) is 15.0. The quantitative estimate of drug-likeness (QED) is 0.336. The molecule has 0 radical (unpaired) electrons. The number of carbonyl (C=O) groups is 2. The number of rotatable bonds is 4. The van der Waals surface area contributed by atoms with Gasteiger partial charge in [-0.25, -0.2) is 4.68 Å². The molecule has 150 valence electrons. The number of thioether (sulfide) groups is 1. The van der Waals surface area contributed by atoms with E-state index >= 15 is 0 Å². The fourth-order valence-corrected chi connectivity index (χ4v) is 3.91. The number of aromatic nitrogens is 3. The summed E-state index contributed by atoms with van der Waals surface area (Å²) in [6.07, 6.45) is -8.01. The van der Waals surface area contributed by atoms with Crippen molar-refractivity contribution in [1.82, 2.24) is 19.9 Å². The maximum Gasteiger partial charge on any atom is 1.00 e. The number of hydrogen-bond acceptors (Lipinski definition) is 11. The van der Waals surface area contributed by atoms with Crippen LogP contribution in [0.5, 0.6) is 0 Å². The Kier molecular flexibility index (Phi) is 8.25. The van der Waals surface area contributed by atoms with Gasteiger partial charge < -0.3 is 40.0 Å². The van der Waals surface area contributed by atoms with Gasteiger partial charge in [0.1, 0.15) is 30.1 Å². The van der Waals surface area contributed by atoms with Crippen molar-refractivity contribution in [1.29, 1.82) is 0 Å². The van der Waals surface area contributed by atoms with Crippen molar-refractivity contribution >= 4 is 23.6 Å². The minimum absolute atomic E-state index is 0. The number of hydrogen-bond donors (Lipinski definition) is 4. The number of carbonyl (C=O) groups excluding carboxylic acids is 2. The number of nitrogens with zero attached hydrogens (tertiary/aromatic N) is 4. The fourth-order valence-electron chi connectivity index (χ4n) is 3.01. The van der Waals surface area contributed by atoms with Crippen LogP contribution in [0.3, 0.4) is 0 Å². The largest absolute Gasteiger partial charge is 1.00 e. The van der Waals surface area contributed by atoms with Crippen LogP contribution in [0.4, 0.5) is 0 Å². The summed E-state index contributed by atoms with van der Waals surface area (Å²) in [4.78, 5) is 25.7. The molecule has 12 nitrogen and oxygen atoms in total. The topological polar surface area (TPSA) is 181 Å². The van der Waals surface area contributed by atoms with Crippen molar-refractivity contribution in [3.63, 3.8) is 0 Å². The number of amides is 1. The minimum Gasteiger partial charge on any atom is -0.543 e. The molecule has 1 amide bonds. The molecule has 4 N–H and O–H groups in total. The van der Waals surface area contributed by atoms with Crippen LogP contribution >= 0.6 is 11.8 Å². The molecule has 0 spiro atoms. The molecule has 14 heteroatoms. The second-order valence-electron chi connectivity index (χ2n) is 6.14. The molecule has 3 heterocycles. The van der Waals surface area contributed by atoms with Gasteiger partial charge in [0.2, 0.25) is 0 Å². The van der Waals surface area contributed by atoms with Crippen LogP contribution < -0.4 is 34.7 Å². The van der Waals surface area contributed by atoms with E-state index in [9.17, 15) is 35.1 Å². The molecule has 0 aliphatic carbocycles. The second kappa shape index (κ2) is 9.82. The number of aromatic carboxylic acids is 1. The monoisotopic (exact) mass is 426 g/mol. The first kappa shape index (κ1) is 23.5. The van der Waals surface area contributed by atoms with Crippen LogP contribution in [-0.4, -0.2) is 108 Å². The summed E-state index contributed by atoms with van der Waals surface area (Å²) in [7, 11) is 0. The number of ether oxygens (including phenoxy) is 1. The van der Waals surface area contributed by atoms with Crippen LogP contribution in [0.2, 0.25) is 0 Å². The van der Waals surface area contributed by atoms with E-state index in [1.807, 2.05) is 0 Å². The summed E-state index contributed by atoms with van der Waals surface area (Å²) in [6, 6.07) is 0. The molecule has 2 saturated heterocycles. The zero-order valence-corrected chi connectivity index (χ0v) is 17.9. The molecule has 0 saturated carbocycles. The Hall–Kier alpha value is -0.770. The maximum absolute atomic E-state index is 12.6. The molecule has 0 bridgehead atoms. The van der Waals surface area contributed by atoms with Gasteiger partial charge in [-0.15, -0.1) is 5.10 Å². The van der Waals surface area contributed by atoms with Gasteiger partial charge in [-0.05, 0) is 0 Å². The first-order valence-corrected chi connectivity index (χ1v) is 9.36. The molecule has 5 atom stereocenters. The van der Waals surface area contributed by atoms with Crippen molar-refractivity contribution in [2.24, 2.45) is 0 Å². The van der Waals surface area contributed by atoms with Gasteiger partial charge in [0.25, 0.3) is 5.91 Å². The maximum atomic E-state index is 12.6. The summed E-state index contributed by atoms with van der Waals surface area (Å²) in [5, 5.41) is 58.0. The fraction of sp³-hybridized carbons (Fsp3) is 0.714. The van der Waals surface area contributed by atoms with Gasteiger partial charge in [0.05, 0.1) is 12.6 Å². The number of carboxylic acids is 1. The van der Waals surface area contributed by atoms with Crippen LogP contribution in [0.25, 0.3) is 0 Å². The van der Waals surface area contributed by atoms with Gasteiger partial charge in [-0.1, -0.05) is 5.21 Å². The van der Waals surface area contributed by atoms with Crippen molar-refractivity contribution in [3.05, 3.63) is 11.4 Å². The van der Waals surface area contributed by atoms with E-state index < -0.39 is 60.5 Å². The molecule has 0 unspecified atom stereocenters. The summed E-state index contributed by atoms with van der Waals surface area (Å²) in [5.74, 6) is -1.02. The van der Waals surface area contributed by atoms with Crippen molar-refractivity contribution in [2.45, 2.75) is 30.6 Å². The van der Waals surface area contributed by atoms with Crippen LogP contribution in [-0.2, 0) is 4.74 Å². The smallest absolute Gasteiger partial charge is 0.543 e. The van der Waals surface area contributed by atoms with Crippen molar-refractivity contribution < 1.29 is 69.4 Å². The van der Waals surface area contributed by atoms with Gasteiger partial charge >= 0.3 is 29.6 Å². The zero-order chi connectivity index (χ0) is 19.7. The minimum atomic E-state index is -1.78. The van der Waals surface area contributed by atoms with E-state index in [1.165, 1.54) is 4.90 Å². The Labute approximate surface area is 185 Å². The Balaban J connectivity index is 0.00000280. The third-order valence-electron chi connectivity index (χ3n) is 4.50. The standard InChI is InChI=1S/C14H20N4O8S.Na/c19-5-6-9(20)10(21)11(22)13(26-6)18-8(14(24)25)7(15-16-18)12(23)17-1-3-27-4-2-17;/h6,9-11,13,19-22H,1-5H2,(H,24,25);/q;+1/p-1/t6-,9-,10+,11-,13-;/m1./s1. The summed E-state index contributed by atoms with van der Waals surface area (Å²) >= 11 is 1.66. The molecular formula is C14H19N4NaO8S. The van der Waals surface area contributed by atoms with E-state index in [-0.39, 0.29) is 29.6 Å². The normalized spacial score (nSPS) is 30.6. The number of aliphatic hydroxyl groups excluding tert-OH is 4. The Morgan fingerprint density at radius 1 is 1.18 bits per heavy atom. The Morgan fingerprint density at radius 2 is 1.82 bits per heavy atom. The Morgan fingerprint density at radius 3 is 2.39 bits per heavy atom. The molecule has 1 aromatic heterocycles. The molecule has 28 heavy (non-hydrogen) atoms. The van der Waals surface area contributed by atoms with Gasteiger partial charge in [0.15, 0.2) is 11.9 Å². The molecule has 2 aliphatic rings. The van der Waals surface area contributed by atoms with Gasteiger partial charge in [0, 0.05) is 24.6 Å². The second-order valence-corrected chi connectivity index (χ2v) is 7.37. The number of carboxylic acid groups (broad SMARTS) is 1. The van der Waals surface area contributed by atoms with Gasteiger partial charge in [-0.3, -0.25) is 4.79 Å². The molecule has 0 aromatic carbocycles. The molecule has 3 rings (SSSR count). The molecule has 1 aromatic rings. The van der Waals surface area contributed by atoms with Crippen molar-refractivity contribution in [3.8, 4) is 0 Å². The third kappa shape index (κ3) is 4.37. The van der Waals surface area contributed by atoms with E-state index in [2.05, 4.69) is 10.3 Å². The SMILES string of the molecule is O=C([O-])c1c(C(=O)N2CCSCC2)nnn1[C@@H]1O[C@H](CO)[C@@H](O)[C@H](O)[C@H]1O.[Na+]. The Bertz CT molecular complexity index is 714. The third-order valence-corrected chi connectivity index (χ3v) is 5.44. The van der Waals surface area contributed by atoms with Gasteiger partial charge in [-0.2, -0.15) is 11.8 Å². The average Bonchev–Trinajstić information content (AvgIpc) is 3.11. The summed E-state index contributed by atoms with van der Waals surface area (Å²) in [5.41, 5.74) is -1.19. The van der Waals surface area contributed by atoms with Crippen molar-refractivity contribution in [2.75, 3.05) is 31.2 Å². The average molecular weight is 426 g/mol.